The van der Waals surface area contributed by atoms with Gasteiger partial charge in [-0.3, -0.25) is 14.5 Å². The van der Waals surface area contributed by atoms with Crippen molar-refractivity contribution < 1.29 is 14.0 Å². The largest absolute Gasteiger partial charge is 0.342 e. The zero-order chi connectivity index (χ0) is 15.1. The zero-order valence-corrected chi connectivity index (χ0v) is 13.2. The third-order valence-corrected chi connectivity index (χ3v) is 4.56. The molecular formula is C15H16BrFN2O2. The highest BCUT2D eigenvalue weighted by Crippen LogP contribution is 2.37. The number of amides is 2. The monoisotopic (exact) mass is 354 g/mol. The quantitative estimate of drug-likeness (QED) is 0.906. The fourth-order valence-corrected chi connectivity index (χ4v) is 3.15. The Balaban J connectivity index is 2.03. The minimum absolute atomic E-state index is 0.168. The van der Waals surface area contributed by atoms with Crippen LogP contribution in [0.2, 0.25) is 0 Å². The fourth-order valence-electron chi connectivity index (χ4n) is 2.81. The molecule has 1 saturated carbocycles. The molecule has 0 radical (unpaired) electrons. The summed E-state index contributed by atoms with van der Waals surface area (Å²) in [5, 5.41) is 2.80. The molecule has 1 N–H and O–H groups in total. The molecule has 6 heteroatoms. The van der Waals surface area contributed by atoms with Crippen LogP contribution in [0.3, 0.4) is 0 Å². The van der Waals surface area contributed by atoms with Crippen molar-refractivity contribution in [1.82, 2.24) is 5.32 Å². The van der Waals surface area contributed by atoms with Gasteiger partial charge in [-0.05, 0) is 43.4 Å². The number of hydrogen-bond donors (Lipinski definition) is 1. The maximum atomic E-state index is 14.2. The number of nitrogens with zero attached hydrogens (tertiary/aromatic N) is 1. The van der Waals surface area contributed by atoms with Gasteiger partial charge in [0.1, 0.15) is 17.9 Å². The fraction of sp³-hybridized carbons (Fsp3) is 0.467. The maximum Gasteiger partial charge on any atom is 0.250 e. The Kier molecular flexibility index (Phi) is 3.73. The Morgan fingerprint density at radius 3 is 2.71 bits per heavy atom. The van der Waals surface area contributed by atoms with Gasteiger partial charge in [0, 0.05) is 4.47 Å². The smallest absolute Gasteiger partial charge is 0.250 e. The molecule has 2 aliphatic rings. The number of anilines is 1. The summed E-state index contributed by atoms with van der Waals surface area (Å²) in [5.41, 5.74) is 0.168. The summed E-state index contributed by atoms with van der Waals surface area (Å²) in [6.45, 7) is 1.82. The molecule has 1 aliphatic heterocycles. The Morgan fingerprint density at radius 1 is 1.38 bits per heavy atom. The number of benzene rings is 1. The summed E-state index contributed by atoms with van der Waals surface area (Å²) in [4.78, 5) is 26.3. The summed E-state index contributed by atoms with van der Waals surface area (Å²) in [5.74, 6) is -0.708. The van der Waals surface area contributed by atoms with Gasteiger partial charge < -0.3 is 5.32 Å². The van der Waals surface area contributed by atoms with E-state index in [1.165, 1.54) is 11.0 Å². The lowest BCUT2D eigenvalue weighted by molar-refractivity contribution is -0.134. The number of carbonyl (C=O) groups is 2. The van der Waals surface area contributed by atoms with E-state index in [2.05, 4.69) is 21.2 Å². The van der Waals surface area contributed by atoms with Gasteiger partial charge in [0.25, 0.3) is 5.91 Å². The standard InChI is InChI=1S/C15H16BrFN2O2/c1-2-11-14(20)18-13(8-3-4-8)15(21)19(11)12-7-9(16)5-6-10(12)17/h5-8,11,13H,2-4H2,1H3,(H,18,20). The summed E-state index contributed by atoms with van der Waals surface area (Å²) in [7, 11) is 0. The maximum absolute atomic E-state index is 14.2. The minimum atomic E-state index is -0.656. The van der Waals surface area contributed by atoms with Crippen LogP contribution in [-0.4, -0.2) is 23.9 Å². The second kappa shape index (κ2) is 5.40. The van der Waals surface area contributed by atoms with Gasteiger partial charge in [-0.15, -0.1) is 0 Å². The molecule has 21 heavy (non-hydrogen) atoms. The number of halogens is 2. The SMILES string of the molecule is CCC1C(=O)NC(C2CC2)C(=O)N1c1cc(Br)ccc1F. The molecule has 2 fully saturated rings. The second-order valence-electron chi connectivity index (χ2n) is 5.55. The van der Waals surface area contributed by atoms with E-state index in [4.69, 9.17) is 0 Å². The first kappa shape index (κ1) is 14.5. The molecule has 1 saturated heterocycles. The zero-order valence-electron chi connectivity index (χ0n) is 11.6. The molecule has 0 spiro atoms. The molecule has 2 amide bonds. The van der Waals surface area contributed by atoms with Crippen molar-refractivity contribution in [2.75, 3.05) is 4.90 Å². The Morgan fingerprint density at radius 2 is 2.10 bits per heavy atom. The molecule has 3 rings (SSSR count). The normalized spacial score (nSPS) is 26.0. The molecule has 1 heterocycles. The summed E-state index contributed by atoms with van der Waals surface area (Å²) in [6.07, 6.45) is 2.31. The van der Waals surface area contributed by atoms with E-state index in [1.54, 1.807) is 12.1 Å². The van der Waals surface area contributed by atoms with Gasteiger partial charge in [0.2, 0.25) is 5.91 Å². The van der Waals surface area contributed by atoms with Crippen LogP contribution in [0.1, 0.15) is 26.2 Å². The minimum Gasteiger partial charge on any atom is -0.342 e. The third-order valence-electron chi connectivity index (χ3n) is 4.06. The lowest BCUT2D eigenvalue weighted by Gasteiger charge is -2.39. The first-order valence-electron chi connectivity index (χ1n) is 7.11. The highest BCUT2D eigenvalue weighted by Gasteiger charge is 2.47. The molecule has 2 atom stereocenters. The Bertz CT molecular complexity index is 603. The molecule has 1 aromatic carbocycles. The van der Waals surface area contributed by atoms with Crippen LogP contribution in [0.25, 0.3) is 0 Å². The van der Waals surface area contributed by atoms with E-state index in [0.717, 1.165) is 12.8 Å². The molecule has 2 unspecified atom stereocenters. The van der Waals surface area contributed by atoms with Crippen LogP contribution in [-0.2, 0) is 9.59 Å². The third kappa shape index (κ3) is 2.57. The van der Waals surface area contributed by atoms with Crippen molar-refractivity contribution in [2.45, 2.75) is 38.3 Å². The highest BCUT2D eigenvalue weighted by atomic mass is 79.9. The van der Waals surface area contributed by atoms with Gasteiger partial charge in [0.05, 0.1) is 5.69 Å². The van der Waals surface area contributed by atoms with Crippen molar-refractivity contribution in [2.24, 2.45) is 5.92 Å². The van der Waals surface area contributed by atoms with Crippen molar-refractivity contribution in [1.29, 1.82) is 0 Å². The summed E-state index contributed by atoms with van der Waals surface area (Å²) < 4.78 is 14.8. The van der Waals surface area contributed by atoms with Crippen LogP contribution in [0.4, 0.5) is 10.1 Å². The molecule has 112 valence electrons. The van der Waals surface area contributed by atoms with Gasteiger partial charge in [-0.2, -0.15) is 0 Å². The molecule has 1 aliphatic carbocycles. The van der Waals surface area contributed by atoms with Crippen molar-refractivity contribution in [3.05, 3.63) is 28.5 Å². The van der Waals surface area contributed by atoms with E-state index >= 15 is 0 Å². The second-order valence-corrected chi connectivity index (χ2v) is 6.47. The highest BCUT2D eigenvalue weighted by molar-refractivity contribution is 9.10. The average molecular weight is 355 g/mol. The van der Waals surface area contributed by atoms with Gasteiger partial charge in [0.15, 0.2) is 0 Å². The lowest BCUT2D eigenvalue weighted by Crippen LogP contribution is -2.64. The molecule has 4 nitrogen and oxygen atoms in total. The van der Waals surface area contributed by atoms with Crippen molar-refractivity contribution in [3.63, 3.8) is 0 Å². The topological polar surface area (TPSA) is 49.4 Å². The molecule has 0 aromatic heterocycles. The predicted molar refractivity (Wildman–Crippen MR) is 80.3 cm³/mol. The van der Waals surface area contributed by atoms with Crippen LogP contribution in [0, 0.1) is 11.7 Å². The van der Waals surface area contributed by atoms with E-state index in [9.17, 15) is 14.0 Å². The average Bonchev–Trinajstić information content (AvgIpc) is 3.28. The van der Waals surface area contributed by atoms with E-state index in [-0.39, 0.29) is 23.4 Å². The molecular weight excluding hydrogens is 339 g/mol. The van der Waals surface area contributed by atoms with Crippen LogP contribution < -0.4 is 10.2 Å². The van der Waals surface area contributed by atoms with Gasteiger partial charge in [-0.25, -0.2) is 4.39 Å². The van der Waals surface area contributed by atoms with E-state index in [1.807, 2.05) is 6.92 Å². The van der Waals surface area contributed by atoms with Crippen LogP contribution >= 0.6 is 15.9 Å². The van der Waals surface area contributed by atoms with Crippen LogP contribution in [0.5, 0.6) is 0 Å². The Hall–Kier alpha value is -1.43. The number of nitrogens with one attached hydrogen (secondary N) is 1. The molecule has 1 aromatic rings. The lowest BCUT2D eigenvalue weighted by atomic mass is 10.0. The number of rotatable bonds is 3. The van der Waals surface area contributed by atoms with Crippen LogP contribution in [0.15, 0.2) is 22.7 Å². The number of hydrogen-bond acceptors (Lipinski definition) is 2. The Labute approximate surface area is 130 Å². The first-order chi connectivity index (χ1) is 10.0. The van der Waals surface area contributed by atoms with Crippen molar-refractivity contribution in [3.8, 4) is 0 Å². The van der Waals surface area contributed by atoms with E-state index < -0.39 is 17.9 Å². The van der Waals surface area contributed by atoms with Gasteiger partial charge >= 0.3 is 0 Å². The number of carbonyl (C=O) groups excluding carboxylic acids is 2. The van der Waals surface area contributed by atoms with Crippen molar-refractivity contribution >= 4 is 33.4 Å². The molecule has 0 bridgehead atoms. The van der Waals surface area contributed by atoms with E-state index in [0.29, 0.717) is 10.9 Å². The first-order valence-corrected chi connectivity index (χ1v) is 7.90. The predicted octanol–water partition coefficient (Wildman–Crippen LogP) is 2.61. The summed E-state index contributed by atoms with van der Waals surface area (Å²) >= 11 is 3.29. The van der Waals surface area contributed by atoms with Gasteiger partial charge in [-0.1, -0.05) is 22.9 Å². The summed E-state index contributed by atoms with van der Waals surface area (Å²) in [6, 6.07) is 3.26. The number of piperazine rings is 1.